The number of benzene rings is 3. The van der Waals surface area contributed by atoms with Gasteiger partial charge in [-0.05, 0) is 66.7 Å². The number of aliphatic imine (C=N–C) groups is 1. The topological polar surface area (TPSA) is 160 Å². The molecule has 0 saturated heterocycles. The molecule has 1 heterocycles. The minimum absolute atomic E-state index is 0.239. The molecule has 0 saturated carbocycles. The van der Waals surface area contributed by atoms with Crippen LogP contribution in [0.2, 0.25) is 0 Å². The second-order valence-electron chi connectivity index (χ2n) is 7.96. The van der Waals surface area contributed by atoms with Crippen molar-refractivity contribution < 1.29 is 14.4 Å². The van der Waals surface area contributed by atoms with E-state index in [1.54, 1.807) is 36.4 Å². The summed E-state index contributed by atoms with van der Waals surface area (Å²) >= 11 is 0. The number of nitrogens with zero attached hydrogens (tertiary/aromatic N) is 2. The quantitative estimate of drug-likeness (QED) is 0.277. The average Bonchev–Trinajstić information content (AvgIpc) is 3.49. The summed E-state index contributed by atoms with van der Waals surface area (Å²) < 4.78 is 0. The first-order chi connectivity index (χ1) is 18.9. The van der Waals surface area contributed by atoms with Gasteiger partial charge >= 0.3 is 12.1 Å². The molecule has 11 heteroatoms. The summed E-state index contributed by atoms with van der Waals surface area (Å²) in [6, 6.07) is 19.0. The first-order valence-electron chi connectivity index (χ1n) is 12.4. The van der Waals surface area contributed by atoms with Crippen LogP contribution in [-0.2, 0) is 0 Å². The number of carbonyl (C=O) groups is 3. The highest BCUT2D eigenvalue weighted by atomic mass is 16.2. The summed E-state index contributed by atoms with van der Waals surface area (Å²) in [6.45, 7) is 5.54. The molecule has 0 radical (unpaired) electrons. The van der Waals surface area contributed by atoms with Crippen molar-refractivity contribution in [2.45, 2.75) is 13.8 Å². The number of nitrogens with one attached hydrogen (secondary N) is 6. The predicted molar refractivity (Wildman–Crippen MR) is 153 cm³/mol. The minimum atomic E-state index is -0.560. The van der Waals surface area contributed by atoms with Crippen LogP contribution in [0.3, 0.4) is 0 Å². The molecule has 1 aliphatic rings. The van der Waals surface area contributed by atoms with Gasteiger partial charge in [0.05, 0.1) is 18.2 Å². The number of hydrogen-bond donors (Lipinski definition) is 6. The Kier molecular flexibility index (Phi) is 9.98. The van der Waals surface area contributed by atoms with Crippen LogP contribution in [0.1, 0.15) is 35.3 Å². The minimum Gasteiger partial charge on any atom is -0.368 e. The maximum atomic E-state index is 12.6. The van der Waals surface area contributed by atoms with E-state index in [-0.39, 0.29) is 11.3 Å². The van der Waals surface area contributed by atoms with E-state index in [2.05, 4.69) is 36.9 Å². The van der Waals surface area contributed by atoms with Gasteiger partial charge in [-0.3, -0.25) is 9.79 Å². The maximum absolute atomic E-state index is 12.6. The lowest BCUT2D eigenvalue weighted by Gasteiger charge is -2.13. The van der Waals surface area contributed by atoms with E-state index in [0.29, 0.717) is 22.6 Å². The molecular weight excluding hydrogens is 496 g/mol. The van der Waals surface area contributed by atoms with Gasteiger partial charge in [-0.2, -0.15) is 5.26 Å². The molecule has 200 valence electrons. The molecule has 0 atom stereocenters. The smallest absolute Gasteiger partial charge is 0.323 e. The second-order valence-corrected chi connectivity index (χ2v) is 7.96. The SMILES string of the molecule is CC.CNC(=O)c1cc(NC(=O)Nc2ccc(C#N)cc2)cc(NC(=O)Nc2ccc(C3=NCCN3)cc2)c1. The molecule has 6 N–H and O–H groups in total. The van der Waals surface area contributed by atoms with Gasteiger partial charge in [0, 0.05) is 47.5 Å². The Morgan fingerprint density at radius 1 is 0.795 bits per heavy atom. The fraction of sp³-hybridized carbons (Fsp3) is 0.179. The first kappa shape index (κ1) is 28.2. The largest absolute Gasteiger partial charge is 0.368 e. The van der Waals surface area contributed by atoms with E-state index >= 15 is 0 Å². The van der Waals surface area contributed by atoms with Crippen molar-refractivity contribution in [2.75, 3.05) is 41.4 Å². The molecule has 3 aromatic carbocycles. The first-order valence-corrected chi connectivity index (χ1v) is 12.4. The van der Waals surface area contributed by atoms with Gasteiger partial charge in [0.25, 0.3) is 5.91 Å². The number of hydrogen-bond acceptors (Lipinski definition) is 6. The van der Waals surface area contributed by atoms with Crippen molar-refractivity contribution >= 4 is 46.6 Å². The Labute approximate surface area is 226 Å². The van der Waals surface area contributed by atoms with Crippen molar-refractivity contribution in [3.8, 4) is 6.07 Å². The van der Waals surface area contributed by atoms with Crippen LogP contribution < -0.4 is 31.9 Å². The maximum Gasteiger partial charge on any atom is 0.323 e. The summed E-state index contributed by atoms with van der Waals surface area (Å²) in [6.07, 6.45) is 0. The number of nitriles is 1. The lowest BCUT2D eigenvalue weighted by atomic mass is 10.1. The number of amides is 5. The van der Waals surface area contributed by atoms with Crippen LogP contribution >= 0.6 is 0 Å². The Hall–Kier alpha value is -5.37. The molecule has 5 amide bonds. The Balaban J connectivity index is 0.00000205. The van der Waals surface area contributed by atoms with Gasteiger partial charge in [-0.1, -0.05) is 13.8 Å². The van der Waals surface area contributed by atoms with E-state index in [9.17, 15) is 14.4 Å². The highest BCUT2D eigenvalue weighted by molar-refractivity contribution is 6.05. The van der Waals surface area contributed by atoms with Crippen molar-refractivity contribution in [2.24, 2.45) is 4.99 Å². The summed E-state index contributed by atoms with van der Waals surface area (Å²) in [5, 5.41) is 25.3. The van der Waals surface area contributed by atoms with Crippen LogP contribution in [0.15, 0.2) is 71.7 Å². The monoisotopic (exact) mass is 526 g/mol. The lowest BCUT2D eigenvalue weighted by Crippen LogP contribution is -2.23. The number of rotatable bonds is 6. The number of anilines is 4. The fourth-order valence-corrected chi connectivity index (χ4v) is 3.57. The van der Waals surface area contributed by atoms with Gasteiger partial charge in [-0.15, -0.1) is 0 Å². The number of amidine groups is 1. The molecule has 0 aliphatic carbocycles. The van der Waals surface area contributed by atoms with Crippen LogP contribution in [0.4, 0.5) is 32.3 Å². The molecule has 0 fully saturated rings. The van der Waals surface area contributed by atoms with E-state index < -0.39 is 18.0 Å². The van der Waals surface area contributed by atoms with E-state index in [1.807, 2.05) is 32.0 Å². The van der Waals surface area contributed by atoms with Gasteiger partial charge in [0.15, 0.2) is 0 Å². The summed E-state index contributed by atoms with van der Waals surface area (Å²) in [4.78, 5) is 41.7. The molecular formula is C28H30N8O3. The second kappa shape index (κ2) is 13.8. The lowest BCUT2D eigenvalue weighted by molar-refractivity contribution is 0.0963. The summed E-state index contributed by atoms with van der Waals surface area (Å²) in [7, 11) is 1.48. The fourth-order valence-electron chi connectivity index (χ4n) is 3.57. The zero-order valence-electron chi connectivity index (χ0n) is 21.9. The molecule has 0 aromatic heterocycles. The van der Waals surface area contributed by atoms with Gasteiger partial charge in [0.2, 0.25) is 0 Å². The molecule has 11 nitrogen and oxygen atoms in total. The third-order valence-corrected chi connectivity index (χ3v) is 5.30. The Morgan fingerprint density at radius 3 is 1.77 bits per heavy atom. The van der Waals surface area contributed by atoms with E-state index in [1.165, 1.54) is 25.2 Å². The molecule has 39 heavy (non-hydrogen) atoms. The summed E-state index contributed by atoms with van der Waals surface area (Å²) in [5.74, 6) is 0.434. The average molecular weight is 527 g/mol. The zero-order chi connectivity index (χ0) is 28.2. The molecule has 4 rings (SSSR count). The molecule has 1 aliphatic heterocycles. The van der Waals surface area contributed by atoms with Crippen LogP contribution in [0.25, 0.3) is 0 Å². The molecule has 0 spiro atoms. The van der Waals surface area contributed by atoms with E-state index in [0.717, 1.165) is 24.5 Å². The van der Waals surface area contributed by atoms with Crippen molar-refractivity contribution in [1.82, 2.24) is 10.6 Å². The highest BCUT2D eigenvalue weighted by Gasteiger charge is 2.13. The highest BCUT2D eigenvalue weighted by Crippen LogP contribution is 2.21. The molecule has 3 aromatic rings. The number of carbonyl (C=O) groups excluding carboxylic acids is 3. The standard InChI is InChI=1S/C26H24N8O3.C2H6/c1-28-24(35)18-12-21(33-25(36)31-19-6-2-16(15-27)3-7-19)14-22(13-18)34-26(37)32-20-8-4-17(5-9-20)23-29-10-11-30-23;1-2/h2-9,12-14H,10-11H2,1H3,(H,28,35)(H,29,30)(H2,31,33,36)(H2,32,34,37);1-2H3. The van der Waals surface area contributed by atoms with Gasteiger partial charge in [0.1, 0.15) is 5.84 Å². The zero-order valence-corrected chi connectivity index (χ0v) is 21.9. The van der Waals surface area contributed by atoms with Gasteiger partial charge in [-0.25, -0.2) is 9.59 Å². The molecule has 0 unspecified atom stereocenters. The van der Waals surface area contributed by atoms with Crippen LogP contribution in [-0.4, -0.2) is 43.9 Å². The Bertz CT molecular complexity index is 1390. The van der Waals surface area contributed by atoms with E-state index in [4.69, 9.17) is 5.26 Å². The number of urea groups is 2. The van der Waals surface area contributed by atoms with Crippen molar-refractivity contribution in [3.05, 3.63) is 83.4 Å². The predicted octanol–water partition coefficient (Wildman–Crippen LogP) is 4.58. The third kappa shape index (κ3) is 8.06. The van der Waals surface area contributed by atoms with Crippen LogP contribution in [0, 0.1) is 11.3 Å². The summed E-state index contributed by atoms with van der Waals surface area (Å²) in [5.41, 5.74) is 3.28. The van der Waals surface area contributed by atoms with Crippen molar-refractivity contribution in [1.29, 1.82) is 5.26 Å². The normalized spacial score (nSPS) is 11.4. The van der Waals surface area contributed by atoms with Crippen molar-refractivity contribution in [3.63, 3.8) is 0 Å². The Morgan fingerprint density at radius 2 is 1.31 bits per heavy atom. The molecule has 0 bridgehead atoms. The third-order valence-electron chi connectivity index (χ3n) is 5.30. The van der Waals surface area contributed by atoms with Gasteiger partial charge < -0.3 is 31.9 Å². The van der Waals surface area contributed by atoms with Crippen LogP contribution in [0.5, 0.6) is 0 Å².